The summed E-state index contributed by atoms with van der Waals surface area (Å²) in [7, 11) is 3.98. The highest BCUT2D eigenvalue weighted by atomic mass is 15.4. The molecule has 0 aliphatic carbocycles. The molecule has 1 atom stereocenters. The second-order valence-electron chi connectivity index (χ2n) is 6.94. The Labute approximate surface area is 146 Å². The van der Waals surface area contributed by atoms with Crippen molar-refractivity contribution < 1.29 is 0 Å². The number of hydrogen-bond acceptors (Lipinski definition) is 3. The third-order valence-electron chi connectivity index (χ3n) is 5.31. The van der Waals surface area contributed by atoms with Gasteiger partial charge in [-0.25, -0.2) is 0 Å². The molecule has 5 heteroatoms. The topological polar surface area (TPSA) is 34.1 Å². The molecule has 3 saturated heterocycles. The average molecular weight is 329 g/mol. The number of hydrogen-bond donors (Lipinski definition) is 1. The molecule has 0 aromatic heterocycles. The number of aryl methyl sites for hydroxylation is 1. The van der Waals surface area contributed by atoms with Crippen LogP contribution in [0.3, 0.4) is 0 Å². The van der Waals surface area contributed by atoms with Gasteiger partial charge in [0, 0.05) is 66.0 Å². The van der Waals surface area contributed by atoms with Crippen molar-refractivity contribution in [2.45, 2.75) is 25.9 Å². The van der Waals surface area contributed by atoms with Crippen LogP contribution in [-0.4, -0.2) is 80.1 Å². The van der Waals surface area contributed by atoms with Gasteiger partial charge in [0.1, 0.15) is 0 Å². The van der Waals surface area contributed by atoms with Crippen molar-refractivity contribution in [1.29, 1.82) is 0 Å². The number of piperazine rings is 3. The van der Waals surface area contributed by atoms with E-state index in [1.54, 1.807) is 0 Å². The van der Waals surface area contributed by atoms with Gasteiger partial charge in [-0.2, -0.15) is 0 Å². The lowest BCUT2D eigenvalue weighted by Gasteiger charge is -2.47. The number of guanidine groups is 1. The Balaban J connectivity index is 1.51. The van der Waals surface area contributed by atoms with E-state index in [2.05, 4.69) is 63.2 Å². The van der Waals surface area contributed by atoms with Gasteiger partial charge < -0.3 is 10.2 Å². The summed E-state index contributed by atoms with van der Waals surface area (Å²) in [5.41, 5.74) is 2.71. The lowest BCUT2D eigenvalue weighted by Crippen LogP contribution is -2.63. The maximum atomic E-state index is 4.46. The van der Waals surface area contributed by atoms with E-state index in [0.717, 1.165) is 25.5 Å². The third kappa shape index (κ3) is 4.08. The first kappa shape index (κ1) is 17.2. The summed E-state index contributed by atoms with van der Waals surface area (Å²) < 4.78 is 0. The van der Waals surface area contributed by atoms with Gasteiger partial charge in [0.05, 0.1) is 0 Å². The lowest BCUT2D eigenvalue weighted by atomic mass is 10.1. The van der Waals surface area contributed by atoms with Crippen molar-refractivity contribution in [1.82, 2.24) is 20.0 Å². The van der Waals surface area contributed by atoms with Crippen LogP contribution >= 0.6 is 0 Å². The fraction of sp³-hybridized carbons (Fsp3) is 0.632. The molecule has 3 aliphatic heterocycles. The molecular weight excluding hydrogens is 298 g/mol. The molecule has 3 fully saturated rings. The van der Waals surface area contributed by atoms with E-state index in [4.69, 9.17) is 0 Å². The van der Waals surface area contributed by atoms with Crippen LogP contribution in [0.5, 0.6) is 0 Å². The Morgan fingerprint density at radius 2 is 1.83 bits per heavy atom. The summed E-state index contributed by atoms with van der Waals surface area (Å²) in [5, 5.41) is 3.57. The van der Waals surface area contributed by atoms with E-state index < -0.39 is 0 Å². The Morgan fingerprint density at radius 1 is 1.17 bits per heavy atom. The highest BCUT2D eigenvalue weighted by Crippen LogP contribution is 2.15. The summed E-state index contributed by atoms with van der Waals surface area (Å²) in [6.07, 6.45) is 1.09. The third-order valence-corrected chi connectivity index (χ3v) is 5.31. The van der Waals surface area contributed by atoms with Gasteiger partial charge in [-0.3, -0.25) is 14.8 Å². The van der Waals surface area contributed by atoms with Gasteiger partial charge in [-0.05, 0) is 17.5 Å². The van der Waals surface area contributed by atoms with Crippen LogP contribution in [-0.2, 0) is 13.0 Å². The number of aliphatic imine (C=N–C) groups is 1. The lowest BCUT2D eigenvalue weighted by molar-refractivity contribution is 0.0152. The van der Waals surface area contributed by atoms with Crippen molar-refractivity contribution in [3.63, 3.8) is 0 Å². The molecule has 1 aromatic rings. The zero-order valence-electron chi connectivity index (χ0n) is 15.3. The largest absolute Gasteiger partial charge is 0.355 e. The van der Waals surface area contributed by atoms with Crippen LogP contribution in [0.4, 0.5) is 0 Å². The van der Waals surface area contributed by atoms with E-state index >= 15 is 0 Å². The van der Waals surface area contributed by atoms with Gasteiger partial charge in [0.15, 0.2) is 5.96 Å². The zero-order chi connectivity index (χ0) is 16.9. The highest BCUT2D eigenvalue weighted by molar-refractivity contribution is 5.79. The Hall–Kier alpha value is -1.59. The molecule has 0 amide bonds. The minimum Gasteiger partial charge on any atom is -0.355 e. The first-order valence-corrected chi connectivity index (χ1v) is 9.15. The predicted octanol–water partition coefficient (Wildman–Crippen LogP) is 1.26. The Kier molecular flexibility index (Phi) is 5.74. The van der Waals surface area contributed by atoms with Gasteiger partial charge in [-0.15, -0.1) is 0 Å². The average Bonchev–Trinajstić information content (AvgIpc) is 2.64. The van der Waals surface area contributed by atoms with E-state index in [-0.39, 0.29) is 0 Å². The first-order chi connectivity index (χ1) is 11.7. The normalized spacial score (nSPS) is 26.5. The predicted molar refractivity (Wildman–Crippen MR) is 100 cm³/mol. The van der Waals surface area contributed by atoms with Crippen molar-refractivity contribution in [2.24, 2.45) is 4.99 Å². The minimum atomic E-state index is 0.612. The molecule has 0 spiro atoms. The molecule has 0 saturated carbocycles. The van der Waals surface area contributed by atoms with Crippen molar-refractivity contribution >= 4 is 5.96 Å². The summed E-state index contributed by atoms with van der Waals surface area (Å²) in [5.74, 6) is 0.979. The molecule has 3 aliphatic rings. The fourth-order valence-corrected chi connectivity index (χ4v) is 3.74. The van der Waals surface area contributed by atoms with E-state index in [0.29, 0.717) is 6.04 Å². The summed E-state index contributed by atoms with van der Waals surface area (Å²) >= 11 is 0. The Bertz CT molecular complexity index is 545. The van der Waals surface area contributed by atoms with E-state index in [1.807, 2.05) is 7.05 Å². The van der Waals surface area contributed by atoms with Gasteiger partial charge in [0.2, 0.25) is 0 Å². The molecule has 24 heavy (non-hydrogen) atoms. The zero-order valence-corrected chi connectivity index (χ0v) is 15.3. The van der Waals surface area contributed by atoms with Crippen molar-refractivity contribution in [3.8, 4) is 0 Å². The molecule has 1 unspecified atom stereocenters. The smallest absolute Gasteiger partial charge is 0.193 e. The molecule has 1 aromatic carbocycles. The molecule has 5 nitrogen and oxygen atoms in total. The second-order valence-corrected chi connectivity index (χ2v) is 6.94. The second kappa shape index (κ2) is 7.99. The maximum Gasteiger partial charge on any atom is 0.193 e. The standard InChI is InChI=1S/C19H31N5/c1-4-16-5-7-17(8-6-16)14-22(3)19(20-2)21-13-18-15-23-9-11-24(18)12-10-23/h5-8,18H,4,9-15H2,1-3H3,(H,20,21). The minimum absolute atomic E-state index is 0.612. The quantitative estimate of drug-likeness (QED) is 0.651. The summed E-state index contributed by atoms with van der Waals surface area (Å²) in [4.78, 5) is 11.9. The number of benzene rings is 1. The van der Waals surface area contributed by atoms with Crippen LogP contribution in [0.25, 0.3) is 0 Å². The summed E-state index contributed by atoms with van der Waals surface area (Å²) in [6.45, 7) is 10.1. The molecule has 132 valence electrons. The van der Waals surface area contributed by atoms with Crippen LogP contribution < -0.4 is 5.32 Å². The van der Waals surface area contributed by atoms with Gasteiger partial charge >= 0.3 is 0 Å². The monoisotopic (exact) mass is 329 g/mol. The maximum absolute atomic E-state index is 4.46. The number of nitrogens with one attached hydrogen (secondary N) is 1. The van der Waals surface area contributed by atoms with Gasteiger partial charge in [-0.1, -0.05) is 31.2 Å². The van der Waals surface area contributed by atoms with E-state index in [9.17, 15) is 0 Å². The highest BCUT2D eigenvalue weighted by Gasteiger charge is 2.31. The van der Waals surface area contributed by atoms with Crippen LogP contribution in [0.1, 0.15) is 18.1 Å². The number of fused-ring (bicyclic) bond motifs is 3. The van der Waals surface area contributed by atoms with Crippen molar-refractivity contribution in [2.75, 3.05) is 53.4 Å². The molecule has 1 N–H and O–H groups in total. The molecular formula is C19H31N5. The molecule has 3 heterocycles. The SMILES string of the molecule is CCc1ccc(CN(C)C(=NC)NCC2CN3CCN2CC3)cc1. The number of nitrogens with zero attached hydrogens (tertiary/aromatic N) is 4. The molecule has 4 rings (SSSR count). The number of rotatable bonds is 5. The van der Waals surface area contributed by atoms with Crippen molar-refractivity contribution in [3.05, 3.63) is 35.4 Å². The summed E-state index contributed by atoms with van der Waals surface area (Å²) in [6, 6.07) is 9.50. The first-order valence-electron chi connectivity index (χ1n) is 9.15. The molecule has 2 bridgehead atoms. The van der Waals surface area contributed by atoms with E-state index in [1.165, 1.54) is 43.9 Å². The van der Waals surface area contributed by atoms with Crippen LogP contribution in [0.2, 0.25) is 0 Å². The molecule has 0 radical (unpaired) electrons. The van der Waals surface area contributed by atoms with Crippen LogP contribution in [0.15, 0.2) is 29.3 Å². The van der Waals surface area contributed by atoms with Gasteiger partial charge in [0.25, 0.3) is 0 Å². The fourth-order valence-electron chi connectivity index (χ4n) is 3.74. The van der Waals surface area contributed by atoms with Crippen LogP contribution in [0, 0.1) is 0 Å². The Morgan fingerprint density at radius 3 is 2.38 bits per heavy atom.